The zero-order valence-electron chi connectivity index (χ0n) is 12.3. The molecule has 0 aliphatic heterocycles. The van der Waals surface area contributed by atoms with Crippen LogP contribution in [0, 0.1) is 19.7 Å². The number of halogens is 1. The number of aromatic nitrogens is 2. The highest BCUT2D eigenvalue weighted by Crippen LogP contribution is 2.20. The topological polar surface area (TPSA) is 48.2 Å². The SMILES string of the molecule is Cc1ccc(OCc2nc(-c3ccc(C)c(F)c3)no2)cc1. The van der Waals surface area contributed by atoms with Crippen LogP contribution in [0.1, 0.15) is 17.0 Å². The number of rotatable bonds is 4. The van der Waals surface area contributed by atoms with Crippen molar-refractivity contribution in [2.75, 3.05) is 0 Å². The third-order valence-electron chi connectivity index (χ3n) is 3.28. The minimum absolute atomic E-state index is 0.171. The molecule has 2 aromatic carbocycles. The van der Waals surface area contributed by atoms with Crippen LogP contribution in [0.25, 0.3) is 11.4 Å². The molecule has 0 atom stereocenters. The van der Waals surface area contributed by atoms with Gasteiger partial charge in [0.25, 0.3) is 5.89 Å². The van der Waals surface area contributed by atoms with Crippen molar-refractivity contribution in [2.24, 2.45) is 0 Å². The first-order valence-corrected chi connectivity index (χ1v) is 6.90. The molecule has 0 bridgehead atoms. The summed E-state index contributed by atoms with van der Waals surface area (Å²) in [6.45, 7) is 3.88. The van der Waals surface area contributed by atoms with E-state index in [4.69, 9.17) is 9.26 Å². The average Bonchev–Trinajstić information content (AvgIpc) is 2.98. The molecule has 1 aromatic heterocycles. The van der Waals surface area contributed by atoms with Gasteiger partial charge in [0.05, 0.1) is 0 Å². The van der Waals surface area contributed by atoms with E-state index in [1.807, 2.05) is 31.2 Å². The third-order valence-corrected chi connectivity index (χ3v) is 3.28. The molecule has 0 saturated carbocycles. The van der Waals surface area contributed by atoms with Crippen molar-refractivity contribution in [3.8, 4) is 17.1 Å². The molecular weight excluding hydrogens is 283 g/mol. The minimum atomic E-state index is -0.292. The second kappa shape index (κ2) is 5.97. The molecule has 22 heavy (non-hydrogen) atoms. The van der Waals surface area contributed by atoms with E-state index in [2.05, 4.69) is 10.1 Å². The molecule has 0 aliphatic carbocycles. The Morgan fingerprint density at radius 3 is 2.59 bits per heavy atom. The number of ether oxygens (including phenoxy) is 1. The lowest BCUT2D eigenvalue weighted by molar-refractivity contribution is 0.243. The number of nitrogens with zero attached hydrogens (tertiary/aromatic N) is 2. The Balaban J connectivity index is 1.70. The Morgan fingerprint density at radius 1 is 1.09 bits per heavy atom. The Morgan fingerprint density at radius 2 is 1.86 bits per heavy atom. The van der Waals surface area contributed by atoms with E-state index in [0.717, 1.165) is 11.3 Å². The van der Waals surface area contributed by atoms with Gasteiger partial charge in [0.15, 0.2) is 6.61 Å². The zero-order chi connectivity index (χ0) is 15.5. The van der Waals surface area contributed by atoms with Gasteiger partial charge in [-0.25, -0.2) is 4.39 Å². The van der Waals surface area contributed by atoms with E-state index in [9.17, 15) is 4.39 Å². The molecule has 4 nitrogen and oxygen atoms in total. The van der Waals surface area contributed by atoms with Gasteiger partial charge in [-0.3, -0.25) is 0 Å². The predicted molar refractivity (Wildman–Crippen MR) is 79.9 cm³/mol. The molecule has 112 valence electrons. The molecule has 0 N–H and O–H groups in total. The van der Waals surface area contributed by atoms with Crippen molar-refractivity contribution in [1.82, 2.24) is 10.1 Å². The fourth-order valence-corrected chi connectivity index (χ4v) is 1.94. The first kappa shape index (κ1) is 14.3. The molecule has 3 rings (SSSR count). The molecule has 0 saturated heterocycles. The van der Waals surface area contributed by atoms with Gasteiger partial charge in [-0.2, -0.15) is 4.98 Å². The first-order valence-electron chi connectivity index (χ1n) is 6.90. The number of hydrogen-bond acceptors (Lipinski definition) is 4. The molecule has 1 heterocycles. The van der Waals surface area contributed by atoms with E-state index in [1.54, 1.807) is 19.1 Å². The van der Waals surface area contributed by atoms with Gasteiger partial charge in [0.2, 0.25) is 5.82 Å². The average molecular weight is 298 g/mol. The van der Waals surface area contributed by atoms with Crippen molar-refractivity contribution in [2.45, 2.75) is 20.5 Å². The van der Waals surface area contributed by atoms with Gasteiger partial charge in [-0.15, -0.1) is 0 Å². The normalized spacial score (nSPS) is 10.7. The lowest BCUT2D eigenvalue weighted by atomic mass is 10.1. The Bertz CT molecular complexity index is 782. The molecule has 0 aliphatic rings. The smallest absolute Gasteiger partial charge is 0.264 e. The van der Waals surface area contributed by atoms with Gasteiger partial charge in [0.1, 0.15) is 11.6 Å². The maximum absolute atomic E-state index is 13.6. The standard InChI is InChI=1S/C17H15FN2O2/c1-11-3-7-14(8-4-11)21-10-16-19-17(20-22-16)13-6-5-12(2)15(18)9-13/h3-9H,10H2,1-2H3. The van der Waals surface area contributed by atoms with Crippen LogP contribution in [-0.2, 0) is 6.61 Å². The fraction of sp³-hybridized carbons (Fsp3) is 0.176. The Labute approximate surface area is 127 Å². The van der Waals surface area contributed by atoms with Gasteiger partial charge >= 0.3 is 0 Å². The molecule has 5 heteroatoms. The van der Waals surface area contributed by atoms with E-state index in [-0.39, 0.29) is 12.4 Å². The lowest BCUT2D eigenvalue weighted by Gasteiger charge is -2.02. The van der Waals surface area contributed by atoms with E-state index in [0.29, 0.717) is 22.8 Å². The van der Waals surface area contributed by atoms with Gasteiger partial charge in [-0.05, 0) is 37.6 Å². The molecule has 3 aromatic rings. The summed E-state index contributed by atoms with van der Waals surface area (Å²) in [4.78, 5) is 4.21. The largest absolute Gasteiger partial charge is 0.484 e. The molecule has 0 radical (unpaired) electrons. The number of hydrogen-bond donors (Lipinski definition) is 0. The quantitative estimate of drug-likeness (QED) is 0.728. The lowest BCUT2D eigenvalue weighted by Crippen LogP contribution is -1.95. The highest BCUT2D eigenvalue weighted by Gasteiger charge is 2.10. The molecular formula is C17H15FN2O2. The van der Waals surface area contributed by atoms with Crippen molar-refractivity contribution in [1.29, 1.82) is 0 Å². The predicted octanol–water partition coefficient (Wildman–Crippen LogP) is 4.07. The molecule has 0 amide bonds. The van der Waals surface area contributed by atoms with E-state index < -0.39 is 0 Å². The highest BCUT2D eigenvalue weighted by molar-refractivity contribution is 5.54. The van der Waals surface area contributed by atoms with Crippen LogP contribution in [0.2, 0.25) is 0 Å². The molecule has 0 spiro atoms. The van der Waals surface area contributed by atoms with Crippen molar-refractivity contribution < 1.29 is 13.7 Å². The van der Waals surface area contributed by atoms with Gasteiger partial charge in [0, 0.05) is 5.56 Å². The number of benzene rings is 2. The highest BCUT2D eigenvalue weighted by atomic mass is 19.1. The summed E-state index contributed by atoms with van der Waals surface area (Å²) < 4.78 is 24.3. The summed E-state index contributed by atoms with van der Waals surface area (Å²) in [5.41, 5.74) is 2.32. The minimum Gasteiger partial charge on any atom is -0.484 e. The van der Waals surface area contributed by atoms with Crippen LogP contribution < -0.4 is 4.74 Å². The van der Waals surface area contributed by atoms with Crippen LogP contribution in [0.15, 0.2) is 47.0 Å². The number of aryl methyl sites for hydroxylation is 2. The van der Waals surface area contributed by atoms with Crippen LogP contribution in [0.3, 0.4) is 0 Å². The summed E-state index contributed by atoms with van der Waals surface area (Å²) in [5, 5.41) is 3.85. The summed E-state index contributed by atoms with van der Waals surface area (Å²) in [7, 11) is 0. The van der Waals surface area contributed by atoms with Crippen LogP contribution in [-0.4, -0.2) is 10.1 Å². The molecule has 0 unspecified atom stereocenters. The van der Waals surface area contributed by atoms with Crippen LogP contribution >= 0.6 is 0 Å². The second-order valence-electron chi connectivity index (χ2n) is 5.08. The zero-order valence-corrected chi connectivity index (χ0v) is 12.3. The van der Waals surface area contributed by atoms with Gasteiger partial charge < -0.3 is 9.26 Å². The van der Waals surface area contributed by atoms with Gasteiger partial charge in [-0.1, -0.05) is 35.0 Å². The van der Waals surface area contributed by atoms with Crippen molar-refractivity contribution in [3.05, 3.63) is 65.3 Å². The molecule has 0 fully saturated rings. The first-order chi connectivity index (χ1) is 10.6. The maximum atomic E-state index is 13.6. The fourth-order valence-electron chi connectivity index (χ4n) is 1.94. The maximum Gasteiger partial charge on any atom is 0.264 e. The van der Waals surface area contributed by atoms with Crippen molar-refractivity contribution >= 4 is 0 Å². The second-order valence-corrected chi connectivity index (χ2v) is 5.08. The monoisotopic (exact) mass is 298 g/mol. The summed E-state index contributed by atoms with van der Waals surface area (Å²) >= 11 is 0. The van der Waals surface area contributed by atoms with Crippen LogP contribution in [0.4, 0.5) is 4.39 Å². The van der Waals surface area contributed by atoms with E-state index in [1.165, 1.54) is 6.07 Å². The summed E-state index contributed by atoms with van der Waals surface area (Å²) in [6, 6.07) is 12.5. The van der Waals surface area contributed by atoms with E-state index >= 15 is 0 Å². The summed E-state index contributed by atoms with van der Waals surface area (Å²) in [6.07, 6.45) is 0. The van der Waals surface area contributed by atoms with Crippen molar-refractivity contribution in [3.63, 3.8) is 0 Å². The Hall–Kier alpha value is -2.69. The van der Waals surface area contributed by atoms with Crippen LogP contribution in [0.5, 0.6) is 5.75 Å². The Kier molecular flexibility index (Phi) is 3.87. The summed E-state index contributed by atoms with van der Waals surface area (Å²) in [5.74, 6) is 1.13. The third kappa shape index (κ3) is 3.14.